The van der Waals surface area contributed by atoms with Crippen LogP contribution in [0.1, 0.15) is 41.7 Å². The molecule has 1 heterocycles. The number of esters is 1. The number of thioether (sulfide) groups is 1. The molecule has 4 heteroatoms. The van der Waals surface area contributed by atoms with Gasteiger partial charge in [0.15, 0.2) is 0 Å². The molecule has 0 aliphatic heterocycles. The quantitative estimate of drug-likeness (QED) is 0.766. The SMILES string of the molecule is COC(=O)c1ccc(CSCC2CCCC2)nc1. The highest BCUT2D eigenvalue weighted by molar-refractivity contribution is 7.98. The number of carbonyl (C=O) groups is 1. The Morgan fingerprint density at radius 1 is 1.44 bits per heavy atom. The number of ether oxygens (including phenoxy) is 1. The van der Waals surface area contributed by atoms with Crippen LogP contribution in [0, 0.1) is 5.92 Å². The highest BCUT2D eigenvalue weighted by Gasteiger charge is 2.14. The second kappa shape index (κ2) is 6.78. The standard InChI is InChI=1S/C14H19NO2S/c1-17-14(16)12-6-7-13(15-8-12)10-18-9-11-4-2-3-5-11/h6-8,11H,2-5,9-10H2,1H3. The van der Waals surface area contributed by atoms with Gasteiger partial charge in [0.05, 0.1) is 18.4 Å². The third-order valence-electron chi connectivity index (χ3n) is 3.32. The van der Waals surface area contributed by atoms with Gasteiger partial charge in [-0.3, -0.25) is 4.98 Å². The normalized spacial score (nSPS) is 15.8. The van der Waals surface area contributed by atoms with Crippen LogP contribution in [-0.2, 0) is 10.5 Å². The molecule has 0 atom stereocenters. The van der Waals surface area contributed by atoms with E-state index in [4.69, 9.17) is 0 Å². The Morgan fingerprint density at radius 2 is 2.22 bits per heavy atom. The average Bonchev–Trinajstić information content (AvgIpc) is 2.92. The van der Waals surface area contributed by atoms with E-state index in [2.05, 4.69) is 9.72 Å². The molecular weight excluding hydrogens is 246 g/mol. The minimum absolute atomic E-state index is 0.326. The van der Waals surface area contributed by atoms with Crippen LogP contribution in [-0.4, -0.2) is 23.8 Å². The molecule has 0 unspecified atom stereocenters. The van der Waals surface area contributed by atoms with Crippen LogP contribution in [0.3, 0.4) is 0 Å². The maximum absolute atomic E-state index is 11.2. The van der Waals surface area contributed by atoms with Crippen LogP contribution in [0.15, 0.2) is 18.3 Å². The number of aromatic nitrogens is 1. The maximum atomic E-state index is 11.2. The molecule has 1 aliphatic rings. The van der Waals surface area contributed by atoms with Crippen molar-refractivity contribution < 1.29 is 9.53 Å². The molecule has 0 spiro atoms. The summed E-state index contributed by atoms with van der Waals surface area (Å²) in [6, 6.07) is 3.69. The lowest BCUT2D eigenvalue weighted by Crippen LogP contribution is -2.02. The van der Waals surface area contributed by atoms with Crippen LogP contribution < -0.4 is 0 Å². The zero-order valence-corrected chi connectivity index (χ0v) is 11.5. The van der Waals surface area contributed by atoms with Crippen molar-refractivity contribution in [3.8, 4) is 0 Å². The van der Waals surface area contributed by atoms with Crippen LogP contribution >= 0.6 is 11.8 Å². The molecule has 0 N–H and O–H groups in total. The maximum Gasteiger partial charge on any atom is 0.339 e. The van der Waals surface area contributed by atoms with Gasteiger partial charge < -0.3 is 4.74 Å². The van der Waals surface area contributed by atoms with Gasteiger partial charge in [-0.05, 0) is 36.6 Å². The Hall–Kier alpha value is -1.03. The molecular formula is C14H19NO2S. The van der Waals surface area contributed by atoms with E-state index in [9.17, 15) is 4.79 Å². The first-order chi connectivity index (χ1) is 8.79. The van der Waals surface area contributed by atoms with Crippen molar-refractivity contribution >= 4 is 17.7 Å². The predicted molar refractivity (Wildman–Crippen MR) is 73.7 cm³/mol. The minimum atomic E-state index is -0.326. The fourth-order valence-corrected chi connectivity index (χ4v) is 3.42. The summed E-state index contributed by atoms with van der Waals surface area (Å²) in [5, 5.41) is 0. The lowest BCUT2D eigenvalue weighted by molar-refractivity contribution is 0.0600. The average molecular weight is 265 g/mol. The van der Waals surface area contributed by atoms with Gasteiger partial charge in [0.1, 0.15) is 0 Å². The summed E-state index contributed by atoms with van der Waals surface area (Å²) in [6.07, 6.45) is 7.18. The van der Waals surface area contributed by atoms with Crippen molar-refractivity contribution in [2.45, 2.75) is 31.4 Å². The van der Waals surface area contributed by atoms with E-state index in [1.165, 1.54) is 38.5 Å². The van der Waals surface area contributed by atoms with Crippen molar-refractivity contribution in [3.05, 3.63) is 29.6 Å². The molecule has 2 rings (SSSR count). The number of hydrogen-bond donors (Lipinski definition) is 0. The first kappa shape index (κ1) is 13.4. The fraction of sp³-hybridized carbons (Fsp3) is 0.571. The van der Waals surface area contributed by atoms with Gasteiger partial charge in [-0.1, -0.05) is 12.8 Å². The van der Waals surface area contributed by atoms with Crippen LogP contribution in [0.2, 0.25) is 0 Å². The first-order valence-corrected chi connectivity index (χ1v) is 7.56. The molecule has 18 heavy (non-hydrogen) atoms. The van der Waals surface area contributed by atoms with Crippen molar-refractivity contribution in [1.82, 2.24) is 4.98 Å². The summed E-state index contributed by atoms with van der Waals surface area (Å²) in [6.45, 7) is 0. The Labute approximate surface area is 112 Å². The molecule has 1 saturated carbocycles. The van der Waals surface area contributed by atoms with Crippen molar-refractivity contribution in [2.24, 2.45) is 5.92 Å². The molecule has 0 aromatic carbocycles. The number of carbonyl (C=O) groups excluding carboxylic acids is 1. The van der Waals surface area contributed by atoms with Gasteiger partial charge in [-0.25, -0.2) is 4.79 Å². The molecule has 1 aromatic rings. The van der Waals surface area contributed by atoms with E-state index in [1.807, 2.05) is 17.8 Å². The summed E-state index contributed by atoms with van der Waals surface area (Å²) in [7, 11) is 1.38. The lowest BCUT2D eigenvalue weighted by atomic mass is 10.1. The first-order valence-electron chi connectivity index (χ1n) is 6.40. The summed E-state index contributed by atoms with van der Waals surface area (Å²) in [4.78, 5) is 15.5. The van der Waals surface area contributed by atoms with E-state index in [-0.39, 0.29) is 5.97 Å². The van der Waals surface area contributed by atoms with Gasteiger partial charge in [-0.15, -0.1) is 0 Å². The summed E-state index contributed by atoms with van der Waals surface area (Å²) >= 11 is 1.94. The second-order valence-electron chi connectivity index (χ2n) is 4.70. The lowest BCUT2D eigenvalue weighted by Gasteiger charge is -2.07. The van der Waals surface area contributed by atoms with E-state index >= 15 is 0 Å². The van der Waals surface area contributed by atoms with E-state index in [0.29, 0.717) is 5.56 Å². The van der Waals surface area contributed by atoms with Crippen molar-refractivity contribution in [1.29, 1.82) is 0 Å². The van der Waals surface area contributed by atoms with Gasteiger partial charge in [0.25, 0.3) is 0 Å². The van der Waals surface area contributed by atoms with Gasteiger partial charge in [-0.2, -0.15) is 11.8 Å². The number of pyridine rings is 1. The van der Waals surface area contributed by atoms with Gasteiger partial charge in [0.2, 0.25) is 0 Å². The Kier molecular flexibility index (Phi) is 5.05. The van der Waals surface area contributed by atoms with Gasteiger partial charge in [0, 0.05) is 11.9 Å². The summed E-state index contributed by atoms with van der Waals surface area (Å²) in [5.74, 6) is 2.75. The zero-order valence-electron chi connectivity index (χ0n) is 10.7. The molecule has 0 radical (unpaired) electrons. The summed E-state index contributed by atoms with van der Waals surface area (Å²) < 4.78 is 4.64. The highest BCUT2D eigenvalue weighted by Crippen LogP contribution is 2.28. The molecule has 1 aliphatic carbocycles. The summed E-state index contributed by atoms with van der Waals surface area (Å²) in [5.41, 5.74) is 1.55. The topological polar surface area (TPSA) is 39.2 Å². The third-order valence-corrected chi connectivity index (χ3v) is 4.53. The zero-order chi connectivity index (χ0) is 12.8. The number of methoxy groups -OCH3 is 1. The third kappa shape index (κ3) is 3.73. The van der Waals surface area contributed by atoms with Gasteiger partial charge >= 0.3 is 5.97 Å². The van der Waals surface area contributed by atoms with E-state index in [0.717, 1.165) is 17.4 Å². The van der Waals surface area contributed by atoms with Crippen LogP contribution in [0.25, 0.3) is 0 Å². The number of hydrogen-bond acceptors (Lipinski definition) is 4. The molecule has 1 fully saturated rings. The Morgan fingerprint density at radius 3 is 2.83 bits per heavy atom. The number of rotatable bonds is 5. The smallest absolute Gasteiger partial charge is 0.339 e. The Bertz CT molecular complexity index is 385. The van der Waals surface area contributed by atoms with E-state index < -0.39 is 0 Å². The molecule has 0 bridgehead atoms. The largest absolute Gasteiger partial charge is 0.465 e. The second-order valence-corrected chi connectivity index (χ2v) is 5.73. The van der Waals surface area contributed by atoms with E-state index in [1.54, 1.807) is 12.3 Å². The van der Waals surface area contributed by atoms with Crippen LogP contribution in [0.5, 0.6) is 0 Å². The minimum Gasteiger partial charge on any atom is -0.465 e. The van der Waals surface area contributed by atoms with Crippen molar-refractivity contribution in [2.75, 3.05) is 12.9 Å². The highest BCUT2D eigenvalue weighted by atomic mass is 32.2. The number of nitrogens with zero attached hydrogens (tertiary/aromatic N) is 1. The molecule has 0 saturated heterocycles. The fourth-order valence-electron chi connectivity index (χ4n) is 2.26. The van der Waals surface area contributed by atoms with Crippen LogP contribution in [0.4, 0.5) is 0 Å². The predicted octanol–water partition coefficient (Wildman–Crippen LogP) is 3.29. The molecule has 1 aromatic heterocycles. The van der Waals surface area contributed by atoms with Crippen molar-refractivity contribution in [3.63, 3.8) is 0 Å². The molecule has 3 nitrogen and oxygen atoms in total. The Balaban J connectivity index is 1.77. The molecule has 0 amide bonds. The molecule has 98 valence electrons. The monoisotopic (exact) mass is 265 g/mol.